The Morgan fingerprint density at radius 2 is 2.00 bits per heavy atom. The van der Waals surface area contributed by atoms with E-state index in [9.17, 15) is 13.9 Å². The zero-order chi connectivity index (χ0) is 21.6. The molecule has 3 heterocycles. The predicted octanol–water partition coefficient (Wildman–Crippen LogP) is 3.55. The van der Waals surface area contributed by atoms with Crippen molar-refractivity contribution < 1.29 is 13.9 Å². The van der Waals surface area contributed by atoms with Crippen molar-refractivity contribution in [2.75, 3.05) is 5.73 Å². The van der Waals surface area contributed by atoms with E-state index in [4.69, 9.17) is 5.73 Å². The Labute approximate surface area is 171 Å². The molecule has 0 bridgehead atoms. The van der Waals surface area contributed by atoms with Gasteiger partial charge in [-0.25, -0.2) is 9.97 Å². The second-order valence-electron chi connectivity index (χ2n) is 7.27. The second kappa shape index (κ2) is 7.17. The highest BCUT2D eigenvalue weighted by atomic mass is 19.3. The molecule has 1 atom stereocenters. The molecule has 156 valence electrons. The second-order valence-corrected chi connectivity index (χ2v) is 7.27. The van der Waals surface area contributed by atoms with Crippen LogP contribution in [0.2, 0.25) is 0 Å². The van der Waals surface area contributed by atoms with Gasteiger partial charge in [0.1, 0.15) is 11.8 Å². The molecule has 9 heteroatoms. The smallest absolute Gasteiger partial charge is 0.298 e. The first-order valence-electron chi connectivity index (χ1n) is 9.53. The molecule has 0 aliphatic carbocycles. The maximum absolute atomic E-state index is 14.7. The fraction of sp³-hybridized carbons (Fsp3) is 0.286. The number of nitrogens with zero attached hydrogens (tertiary/aromatic N) is 5. The monoisotopic (exact) mass is 412 g/mol. The van der Waals surface area contributed by atoms with Crippen LogP contribution in [0.3, 0.4) is 0 Å². The summed E-state index contributed by atoms with van der Waals surface area (Å²) in [4.78, 5) is 8.75. The molecular formula is C21H22F2N6O. The molecule has 0 radical (unpaired) electrons. The van der Waals surface area contributed by atoms with Crippen molar-refractivity contribution in [3.8, 4) is 22.6 Å². The standard InChI is InChI=1S/C21H22F2N6O/c1-4-18(30)21(22,23)13-6-5-12(2)14(9-13)17-10-25-20-19(24)27-15(11-29(17)20)16-7-8-26-28(16)3/h5-11,18,30H,4H2,1-3H3,(H2,24,27). The number of benzene rings is 1. The third-order valence-electron chi connectivity index (χ3n) is 5.31. The Bertz CT molecular complexity index is 1230. The van der Waals surface area contributed by atoms with Crippen molar-refractivity contribution in [3.63, 3.8) is 0 Å². The molecule has 30 heavy (non-hydrogen) atoms. The van der Waals surface area contributed by atoms with Crippen LogP contribution in [0, 0.1) is 6.92 Å². The average molecular weight is 412 g/mol. The maximum atomic E-state index is 14.7. The summed E-state index contributed by atoms with van der Waals surface area (Å²) >= 11 is 0. The Kier molecular flexibility index (Phi) is 4.77. The molecule has 0 spiro atoms. The summed E-state index contributed by atoms with van der Waals surface area (Å²) < 4.78 is 32.7. The molecule has 4 aromatic rings. The molecule has 1 aromatic carbocycles. The molecule has 7 nitrogen and oxygen atoms in total. The van der Waals surface area contributed by atoms with Gasteiger partial charge in [-0.15, -0.1) is 0 Å². The number of aliphatic hydroxyl groups excluding tert-OH is 1. The van der Waals surface area contributed by atoms with Gasteiger partial charge in [0, 0.05) is 30.6 Å². The topological polar surface area (TPSA) is 94.3 Å². The highest BCUT2D eigenvalue weighted by molar-refractivity contribution is 5.74. The maximum Gasteiger partial charge on any atom is 0.298 e. The molecule has 0 aliphatic heterocycles. The van der Waals surface area contributed by atoms with Crippen molar-refractivity contribution in [3.05, 3.63) is 54.0 Å². The number of aryl methyl sites for hydroxylation is 2. The normalized spacial score (nSPS) is 13.1. The van der Waals surface area contributed by atoms with E-state index in [1.807, 2.05) is 13.0 Å². The van der Waals surface area contributed by atoms with Crippen LogP contribution in [0.4, 0.5) is 14.6 Å². The molecule has 0 amide bonds. The first kappa shape index (κ1) is 20.0. The highest BCUT2D eigenvalue weighted by Crippen LogP contribution is 2.37. The number of halogens is 2. The molecule has 4 rings (SSSR count). The third kappa shape index (κ3) is 3.11. The number of nitrogen functional groups attached to an aromatic ring is 1. The lowest BCUT2D eigenvalue weighted by molar-refractivity contribution is -0.115. The minimum absolute atomic E-state index is 0.0535. The first-order chi connectivity index (χ1) is 14.2. The van der Waals surface area contributed by atoms with Crippen molar-refractivity contribution in [2.24, 2.45) is 7.05 Å². The Morgan fingerprint density at radius 3 is 2.67 bits per heavy atom. The number of anilines is 1. The van der Waals surface area contributed by atoms with E-state index in [-0.39, 0.29) is 17.8 Å². The van der Waals surface area contributed by atoms with Crippen LogP contribution in [0.1, 0.15) is 24.5 Å². The van der Waals surface area contributed by atoms with Gasteiger partial charge in [-0.3, -0.25) is 9.08 Å². The highest BCUT2D eigenvalue weighted by Gasteiger charge is 2.39. The van der Waals surface area contributed by atoms with Crippen LogP contribution in [0.15, 0.2) is 42.9 Å². The van der Waals surface area contributed by atoms with Gasteiger partial charge < -0.3 is 10.8 Å². The van der Waals surface area contributed by atoms with E-state index < -0.39 is 12.0 Å². The summed E-state index contributed by atoms with van der Waals surface area (Å²) in [6, 6.07) is 6.17. The van der Waals surface area contributed by atoms with Crippen molar-refractivity contribution in [1.29, 1.82) is 0 Å². The van der Waals surface area contributed by atoms with E-state index >= 15 is 0 Å². The van der Waals surface area contributed by atoms with Gasteiger partial charge in [0.05, 0.1) is 17.6 Å². The minimum Gasteiger partial charge on any atom is -0.386 e. The van der Waals surface area contributed by atoms with Gasteiger partial charge in [-0.2, -0.15) is 13.9 Å². The zero-order valence-corrected chi connectivity index (χ0v) is 16.8. The lowest BCUT2D eigenvalue weighted by atomic mass is 9.96. The Morgan fingerprint density at radius 1 is 1.23 bits per heavy atom. The van der Waals surface area contributed by atoms with Gasteiger partial charge in [0.15, 0.2) is 11.5 Å². The fourth-order valence-corrected chi connectivity index (χ4v) is 3.51. The van der Waals surface area contributed by atoms with Crippen LogP contribution >= 0.6 is 0 Å². The SMILES string of the molecule is CCC(O)C(F)(F)c1ccc(C)c(-c2cnc3c(N)nc(-c4ccnn4C)cn23)c1. The van der Waals surface area contributed by atoms with Gasteiger partial charge in [-0.1, -0.05) is 19.1 Å². The number of alkyl halides is 2. The van der Waals surface area contributed by atoms with Crippen LogP contribution in [0.25, 0.3) is 28.3 Å². The fourth-order valence-electron chi connectivity index (χ4n) is 3.51. The lowest BCUT2D eigenvalue weighted by Gasteiger charge is -2.23. The van der Waals surface area contributed by atoms with Crippen LogP contribution in [-0.2, 0) is 13.0 Å². The lowest BCUT2D eigenvalue weighted by Crippen LogP contribution is -2.30. The van der Waals surface area contributed by atoms with Gasteiger partial charge in [0.2, 0.25) is 0 Å². The molecule has 0 saturated carbocycles. The van der Waals surface area contributed by atoms with E-state index in [0.29, 0.717) is 22.6 Å². The largest absolute Gasteiger partial charge is 0.386 e. The Hall–Kier alpha value is -3.33. The molecular weight excluding hydrogens is 390 g/mol. The van der Waals surface area contributed by atoms with Crippen LogP contribution < -0.4 is 5.73 Å². The number of rotatable bonds is 5. The average Bonchev–Trinajstić information content (AvgIpc) is 3.33. The third-order valence-corrected chi connectivity index (χ3v) is 5.31. The zero-order valence-electron chi connectivity index (χ0n) is 16.8. The quantitative estimate of drug-likeness (QED) is 0.523. The van der Waals surface area contributed by atoms with E-state index in [2.05, 4.69) is 15.1 Å². The number of hydrogen-bond acceptors (Lipinski definition) is 5. The number of aliphatic hydroxyl groups is 1. The number of hydrogen-bond donors (Lipinski definition) is 2. The number of aromatic nitrogens is 5. The molecule has 3 aromatic heterocycles. The van der Waals surface area contributed by atoms with Crippen LogP contribution in [0.5, 0.6) is 0 Å². The van der Waals surface area contributed by atoms with Crippen LogP contribution in [-0.4, -0.2) is 35.4 Å². The van der Waals surface area contributed by atoms with Crippen molar-refractivity contribution >= 4 is 11.5 Å². The van der Waals surface area contributed by atoms with Gasteiger partial charge in [-0.05, 0) is 31.0 Å². The summed E-state index contributed by atoms with van der Waals surface area (Å²) in [5.41, 5.74) is 9.61. The number of fused-ring (bicyclic) bond motifs is 1. The molecule has 0 fully saturated rings. The van der Waals surface area contributed by atoms with Crippen molar-refractivity contribution in [1.82, 2.24) is 24.1 Å². The van der Waals surface area contributed by atoms with E-state index in [1.165, 1.54) is 19.1 Å². The molecule has 1 unspecified atom stereocenters. The number of nitrogens with two attached hydrogens (primary N) is 1. The summed E-state index contributed by atoms with van der Waals surface area (Å²) in [5, 5.41) is 14.0. The van der Waals surface area contributed by atoms with Gasteiger partial charge >= 0.3 is 0 Å². The summed E-state index contributed by atoms with van der Waals surface area (Å²) in [6.45, 7) is 3.35. The summed E-state index contributed by atoms with van der Waals surface area (Å²) in [6.07, 6.45) is 3.19. The van der Waals surface area contributed by atoms with E-state index in [0.717, 1.165) is 11.3 Å². The predicted molar refractivity (Wildman–Crippen MR) is 110 cm³/mol. The van der Waals surface area contributed by atoms with E-state index in [1.54, 1.807) is 40.8 Å². The summed E-state index contributed by atoms with van der Waals surface area (Å²) in [5.74, 6) is -3.14. The molecule has 3 N–H and O–H groups in total. The molecule has 0 aliphatic rings. The number of imidazole rings is 1. The first-order valence-corrected chi connectivity index (χ1v) is 9.53. The van der Waals surface area contributed by atoms with Crippen molar-refractivity contribution in [2.45, 2.75) is 32.3 Å². The van der Waals surface area contributed by atoms with Gasteiger partial charge in [0.25, 0.3) is 5.92 Å². The molecule has 0 saturated heterocycles. The minimum atomic E-state index is -3.36. The summed E-state index contributed by atoms with van der Waals surface area (Å²) in [7, 11) is 1.79. The Balaban J connectivity index is 1.91.